The van der Waals surface area contributed by atoms with E-state index in [2.05, 4.69) is 4.98 Å². The maximum absolute atomic E-state index is 11.6. The molecule has 0 amide bonds. The zero-order chi connectivity index (χ0) is 12.3. The monoisotopic (exact) mass is 227 g/mol. The number of hydrogen-bond donors (Lipinski definition) is 2. The van der Waals surface area contributed by atoms with Crippen LogP contribution >= 0.6 is 0 Å². The van der Waals surface area contributed by atoms with Crippen LogP contribution in [-0.2, 0) is 4.74 Å². The largest absolute Gasteiger partial charge is 0.359 e. The summed E-state index contributed by atoms with van der Waals surface area (Å²) in [6.07, 6.45) is 1.41. The number of rotatable bonds is 4. The molecule has 16 heavy (non-hydrogen) atoms. The van der Waals surface area contributed by atoms with Gasteiger partial charge in [0.05, 0.1) is 5.54 Å². The molecule has 2 atom stereocenters. The number of nitrogens with one attached hydrogen (secondary N) is 1. The van der Waals surface area contributed by atoms with Crippen LogP contribution in [-0.4, -0.2) is 22.2 Å². The van der Waals surface area contributed by atoms with Crippen molar-refractivity contribution in [3.63, 3.8) is 0 Å². The van der Waals surface area contributed by atoms with E-state index >= 15 is 0 Å². The molecule has 0 saturated carbocycles. The predicted octanol–water partition coefficient (Wildman–Crippen LogP) is -0.191. The van der Waals surface area contributed by atoms with Crippen LogP contribution in [0.1, 0.15) is 26.5 Å². The average Bonchev–Trinajstić information content (AvgIpc) is 2.22. The van der Waals surface area contributed by atoms with Gasteiger partial charge in [-0.05, 0) is 13.3 Å². The summed E-state index contributed by atoms with van der Waals surface area (Å²) in [5.41, 5.74) is 4.39. The molecule has 1 aromatic heterocycles. The van der Waals surface area contributed by atoms with Crippen molar-refractivity contribution in [3.05, 3.63) is 33.1 Å². The van der Waals surface area contributed by atoms with Crippen molar-refractivity contribution >= 4 is 0 Å². The van der Waals surface area contributed by atoms with E-state index in [1.807, 2.05) is 6.92 Å². The summed E-state index contributed by atoms with van der Waals surface area (Å²) in [5.74, 6) is 0. The molecule has 6 nitrogen and oxygen atoms in total. The smallest absolute Gasteiger partial charge is 0.330 e. The number of aromatic nitrogens is 2. The Balaban J connectivity index is 3.24. The van der Waals surface area contributed by atoms with Crippen molar-refractivity contribution in [3.8, 4) is 0 Å². The molecular weight excluding hydrogens is 210 g/mol. The third kappa shape index (κ3) is 2.40. The first-order valence-corrected chi connectivity index (χ1v) is 5.05. The zero-order valence-corrected chi connectivity index (χ0v) is 9.69. The quantitative estimate of drug-likeness (QED) is 0.746. The number of aromatic amines is 1. The SMILES string of the molecule is CCC(C)(N)C(OC)n1ccc(=O)[nH]c1=O. The minimum Gasteiger partial charge on any atom is -0.359 e. The molecule has 0 aliphatic heterocycles. The number of nitrogens with two attached hydrogens (primary N) is 1. The van der Waals surface area contributed by atoms with Crippen LogP contribution in [0.3, 0.4) is 0 Å². The van der Waals surface area contributed by atoms with Crippen molar-refractivity contribution in [2.24, 2.45) is 5.73 Å². The minimum absolute atomic E-state index is 0.439. The predicted molar refractivity (Wildman–Crippen MR) is 60.3 cm³/mol. The zero-order valence-electron chi connectivity index (χ0n) is 9.69. The van der Waals surface area contributed by atoms with Gasteiger partial charge in [0.1, 0.15) is 0 Å². The van der Waals surface area contributed by atoms with Crippen LogP contribution in [0.2, 0.25) is 0 Å². The van der Waals surface area contributed by atoms with Gasteiger partial charge in [-0.15, -0.1) is 0 Å². The fraction of sp³-hybridized carbons (Fsp3) is 0.600. The Kier molecular flexibility index (Phi) is 3.66. The van der Waals surface area contributed by atoms with Crippen molar-refractivity contribution < 1.29 is 4.74 Å². The first-order chi connectivity index (χ1) is 7.42. The molecule has 0 radical (unpaired) electrons. The number of nitrogens with zero attached hydrogens (tertiary/aromatic N) is 1. The third-order valence-corrected chi connectivity index (χ3v) is 2.65. The molecule has 2 unspecified atom stereocenters. The molecule has 0 aliphatic rings. The summed E-state index contributed by atoms with van der Waals surface area (Å²) in [7, 11) is 1.48. The number of hydrogen-bond acceptors (Lipinski definition) is 4. The molecule has 0 bridgehead atoms. The number of methoxy groups -OCH3 is 1. The molecule has 3 N–H and O–H groups in total. The van der Waals surface area contributed by atoms with E-state index in [4.69, 9.17) is 10.5 Å². The van der Waals surface area contributed by atoms with Crippen molar-refractivity contribution in [2.45, 2.75) is 32.0 Å². The van der Waals surface area contributed by atoms with Gasteiger partial charge in [-0.25, -0.2) is 4.79 Å². The lowest BCUT2D eigenvalue weighted by Crippen LogP contribution is -2.49. The Bertz CT molecular complexity index is 461. The van der Waals surface area contributed by atoms with Crippen molar-refractivity contribution in [1.29, 1.82) is 0 Å². The van der Waals surface area contributed by atoms with Gasteiger partial charge in [-0.2, -0.15) is 0 Å². The van der Waals surface area contributed by atoms with Crippen LogP contribution in [0.15, 0.2) is 21.9 Å². The summed E-state index contributed by atoms with van der Waals surface area (Å²) in [6, 6.07) is 1.26. The van der Waals surface area contributed by atoms with Crippen LogP contribution in [0, 0.1) is 0 Å². The lowest BCUT2D eigenvalue weighted by atomic mass is 9.98. The van der Waals surface area contributed by atoms with Gasteiger partial charge in [0, 0.05) is 19.4 Å². The maximum Gasteiger partial charge on any atom is 0.330 e. The molecule has 0 aromatic carbocycles. The fourth-order valence-corrected chi connectivity index (χ4v) is 1.49. The molecule has 1 aromatic rings. The first kappa shape index (κ1) is 12.7. The van der Waals surface area contributed by atoms with E-state index in [1.54, 1.807) is 6.92 Å². The van der Waals surface area contributed by atoms with Gasteiger partial charge in [-0.1, -0.05) is 6.92 Å². The van der Waals surface area contributed by atoms with E-state index < -0.39 is 23.0 Å². The summed E-state index contributed by atoms with van der Waals surface area (Å²) < 4.78 is 6.51. The summed E-state index contributed by atoms with van der Waals surface area (Å²) in [6.45, 7) is 3.70. The van der Waals surface area contributed by atoms with Crippen LogP contribution in [0.5, 0.6) is 0 Å². The van der Waals surface area contributed by atoms with Crippen molar-refractivity contribution in [1.82, 2.24) is 9.55 Å². The molecule has 1 heterocycles. The Morgan fingerprint density at radius 1 is 1.62 bits per heavy atom. The van der Waals surface area contributed by atoms with E-state index in [-0.39, 0.29) is 0 Å². The molecule has 0 aliphatic carbocycles. The van der Waals surface area contributed by atoms with Gasteiger partial charge >= 0.3 is 5.69 Å². The summed E-state index contributed by atoms with van der Waals surface area (Å²) in [5, 5.41) is 0. The second-order valence-electron chi connectivity index (χ2n) is 3.96. The molecular formula is C10H17N3O3. The Morgan fingerprint density at radius 2 is 2.25 bits per heavy atom. The average molecular weight is 227 g/mol. The molecule has 0 fully saturated rings. The normalized spacial score (nSPS) is 16.8. The first-order valence-electron chi connectivity index (χ1n) is 5.05. The third-order valence-electron chi connectivity index (χ3n) is 2.65. The lowest BCUT2D eigenvalue weighted by Gasteiger charge is -2.32. The van der Waals surface area contributed by atoms with Gasteiger partial charge in [0.15, 0.2) is 6.23 Å². The van der Waals surface area contributed by atoms with Crippen LogP contribution in [0.4, 0.5) is 0 Å². The second kappa shape index (κ2) is 4.63. The Hall–Kier alpha value is -1.40. The minimum atomic E-state index is -0.684. The molecule has 0 saturated heterocycles. The van der Waals surface area contributed by atoms with Gasteiger partial charge in [-0.3, -0.25) is 14.3 Å². The maximum atomic E-state index is 11.6. The number of ether oxygens (including phenoxy) is 1. The molecule has 0 spiro atoms. The summed E-state index contributed by atoms with van der Waals surface area (Å²) >= 11 is 0. The highest BCUT2D eigenvalue weighted by molar-refractivity contribution is 4.91. The van der Waals surface area contributed by atoms with Gasteiger partial charge in [0.25, 0.3) is 5.56 Å². The topological polar surface area (TPSA) is 90.1 Å². The van der Waals surface area contributed by atoms with Crippen molar-refractivity contribution in [2.75, 3.05) is 7.11 Å². The van der Waals surface area contributed by atoms with Gasteiger partial charge in [0.2, 0.25) is 0 Å². The highest BCUT2D eigenvalue weighted by Crippen LogP contribution is 2.21. The lowest BCUT2D eigenvalue weighted by molar-refractivity contribution is -0.0195. The Labute approximate surface area is 93.0 Å². The van der Waals surface area contributed by atoms with E-state index in [0.29, 0.717) is 6.42 Å². The second-order valence-corrected chi connectivity index (χ2v) is 3.96. The standard InChI is InChI=1S/C10H17N3O3/c1-4-10(2,11)8(16-3)13-6-5-7(14)12-9(13)15/h5-6,8H,4,11H2,1-3H3,(H,12,14,15). The Morgan fingerprint density at radius 3 is 2.69 bits per heavy atom. The summed E-state index contributed by atoms with van der Waals surface area (Å²) in [4.78, 5) is 24.7. The van der Waals surface area contributed by atoms with E-state index in [9.17, 15) is 9.59 Å². The van der Waals surface area contributed by atoms with Gasteiger partial charge < -0.3 is 10.5 Å². The van der Waals surface area contributed by atoms with E-state index in [1.165, 1.54) is 23.9 Å². The molecule has 1 rings (SSSR count). The number of H-pyrrole nitrogens is 1. The highest BCUT2D eigenvalue weighted by atomic mass is 16.5. The fourth-order valence-electron chi connectivity index (χ4n) is 1.49. The van der Waals surface area contributed by atoms with Crippen LogP contribution in [0.25, 0.3) is 0 Å². The molecule has 6 heteroatoms. The highest BCUT2D eigenvalue weighted by Gasteiger charge is 2.30. The van der Waals surface area contributed by atoms with Crippen LogP contribution < -0.4 is 17.0 Å². The molecule has 90 valence electrons. The van der Waals surface area contributed by atoms with E-state index in [0.717, 1.165) is 0 Å².